The predicted octanol–water partition coefficient (Wildman–Crippen LogP) is 2.64. The van der Waals surface area contributed by atoms with Crippen LogP contribution in [0.2, 0.25) is 0 Å². The van der Waals surface area contributed by atoms with Gasteiger partial charge in [0.05, 0.1) is 6.04 Å². The predicted molar refractivity (Wildman–Crippen MR) is 102 cm³/mol. The first-order chi connectivity index (χ1) is 12.9. The number of nitrogens with one attached hydrogen (secondary N) is 2. The largest absolute Gasteiger partial charge is 0.338 e. The van der Waals surface area contributed by atoms with Gasteiger partial charge >= 0.3 is 12.1 Å². The molecule has 0 aromatic heterocycles. The number of imide groups is 1. The zero-order valence-electron chi connectivity index (χ0n) is 16.0. The van der Waals surface area contributed by atoms with Crippen molar-refractivity contribution in [1.82, 2.24) is 20.4 Å². The second-order valence-corrected chi connectivity index (χ2v) is 7.46. The maximum Gasteiger partial charge on any atom is 0.325 e. The van der Waals surface area contributed by atoms with Gasteiger partial charge in [0.2, 0.25) is 0 Å². The molecule has 1 aromatic rings. The molecule has 2 aliphatic rings. The van der Waals surface area contributed by atoms with E-state index in [1.807, 2.05) is 37.3 Å². The number of hydrogen-bond donors (Lipinski definition) is 2. The fourth-order valence-corrected chi connectivity index (χ4v) is 3.88. The molecule has 1 aromatic carbocycles. The van der Waals surface area contributed by atoms with E-state index in [0.717, 1.165) is 31.2 Å². The van der Waals surface area contributed by atoms with Crippen LogP contribution in [0.5, 0.6) is 0 Å². The molecule has 1 aliphatic carbocycles. The summed E-state index contributed by atoms with van der Waals surface area (Å²) >= 11 is 0. The van der Waals surface area contributed by atoms with Gasteiger partial charge < -0.3 is 15.5 Å². The monoisotopic (exact) mass is 372 g/mol. The Morgan fingerprint density at radius 3 is 2.59 bits per heavy atom. The van der Waals surface area contributed by atoms with Crippen LogP contribution in [0.25, 0.3) is 0 Å². The van der Waals surface area contributed by atoms with Gasteiger partial charge in [-0.25, -0.2) is 9.59 Å². The molecule has 7 heteroatoms. The van der Waals surface area contributed by atoms with Gasteiger partial charge in [0.15, 0.2) is 0 Å². The number of benzene rings is 1. The Kier molecular flexibility index (Phi) is 5.68. The Bertz CT molecular complexity index is 700. The van der Waals surface area contributed by atoms with Crippen LogP contribution in [-0.2, 0) is 4.79 Å². The molecule has 3 rings (SSSR count). The molecule has 27 heavy (non-hydrogen) atoms. The average Bonchev–Trinajstić information content (AvgIpc) is 3.24. The van der Waals surface area contributed by atoms with Crippen LogP contribution in [0.4, 0.5) is 9.59 Å². The summed E-state index contributed by atoms with van der Waals surface area (Å²) in [4.78, 5) is 40.0. The van der Waals surface area contributed by atoms with E-state index in [9.17, 15) is 14.4 Å². The number of amides is 5. The molecule has 1 saturated carbocycles. The van der Waals surface area contributed by atoms with E-state index in [1.54, 1.807) is 11.9 Å². The average molecular weight is 372 g/mol. The summed E-state index contributed by atoms with van der Waals surface area (Å²) in [5, 5.41) is 5.74. The number of urea groups is 2. The maximum atomic E-state index is 12.6. The van der Waals surface area contributed by atoms with Crippen molar-refractivity contribution < 1.29 is 14.4 Å². The lowest BCUT2D eigenvalue weighted by Crippen LogP contribution is -2.44. The van der Waals surface area contributed by atoms with E-state index in [4.69, 9.17) is 0 Å². The van der Waals surface area contributed by atoms with Gasteiger partial charge in [0.1, 0.15) is 5.54 Å². The van der Waals surface area contributed by atoms with Crippen LogP contribution in [0, 0.1) is 0 Å². The lowest BCUT2D eigenvalue weighted by Gasteiger charge is -2.25. The van der Waals surface area contributed by atoms with Gasteiger partial charge in [-0.15, -0.1) is 0 Å². The summed E-state index contributed by atoms with van der Waals surface area (Å²) < 4.78 is 0. The van der Waals surface area contributed by atoms with Crippen molar-refractivity contribution in [2.24, 2.45) is 0 Å². The second kappa shape index (κ2) is 7.98. The molecule has 146 valence electrons. The fraction of sp³-hybridized carbons (Fsp3) is 0.550. The minimum absolute atomic E-state index is 0.0423. The first-order valence-corrected chi connectivity index (χ1v) is 9.64. The molecule has 1 atom stereocenters. The second-order valence-electron chi connectivity index (χ2n) is 7.46. The van der Waals surface area contributed by atoms with Gasteiger partial charge in [-0.05, 0) is 31.7 Å². The summed E-state index contributed by atoms with van der Waals surface area (Å²) in [7, 11) is 1.76. The molecule has 1 spiro atoms. The molecule has 1 saturated heterocycles. The van der Waals surface area contributed by atoms with E-state index >= 15 is 0 Å². The Labute approximate surface area is 160 Å². The summed E-state index contributed by atoms with van der Waals surface area (Å²) in [6.45, 7) is 2.71. The van der Waals surface area contributed by atoms with Crippen LogP contribution in [-0.4, -0.2) is 53.4 Å². The van der Waals surface area contributed by atoms with E-state index in [0.29, 0.717) is 19.5 Å². The Balaban J connectivity index is 1.44. The number of hydrogen-bond acceptors (Lipinski definition) is 3. The van der Waals surface area contributed by atoms with Crippen LogP contribution < -0.4 is 10.6 Å². The lowest BCUT2D eigenvalue weighted by molar-refractivity contribution is -0.131. The molecule has 5 amide bonds. The summed E-state index contributed by atoms with van der Waals surface area (Å²) in [6.07, 6.45) is 3.94. The number of carbonyl (C=O) groups is 3. The molecule has 0 unspecified atom stereocenters. The smallest absolute Gasteiger partial charge is 0.325 e. The topological polar surface area (TPSA) is 81.8 Å². The molecule has 0 bridgehead atoms. The van der Waals surface area contributed by atoms with Gasteiger partial charge in [-0.3, -0.25) is 9.69 Å². The highest BCUT2D eigenvalue weighted by Gasteiger charge is 2.51. The highest BCUT2D eigenvalue weighted by Crippen LogP contribution is 2.34. The standard InChI is InChI=1S/C20H28N4O3/c1-15(16-9-4-3-5-10-16)23(2)18(26)21-13-8-14-24-17(25)20(22-19(24)27)11-6-7-12-20/h3-5,9-10,15H,6-8,11-14H2,1-2H3,(H,21,26)(H,22,27)/t15-/m0/s1. The van der Waals surface area contributed by atoms with E-state index in [2.05, 4.69) is 10.6 Å². The molecular formula is C20H28N4O3. The third-order valence-corrected chi connectivity index (χ3v) is 5.72. The molecule has 1 heterocycles. The van der Waals surface area contributed by atoms with Gasteiger partial charge in [-0.2, -0.15) is 0 Å². The normalized spacial score (nSPS) is 19.3. The van der Waals surface area contributed by atoms with Gasteiger partial charge in [0, 0.05) is 20.1 Å². The maximum absolute atomic E-state index is 12.6. The number of carbonyl (C=O) groups excluding carboxylic acids is 3. The van der Waals surface area contributed by atoms with Crippen molar-refractivity contribution in [3.8, 4) is 0 Å². The highest BCUT2D eigenvalue weighted by atomic mass is 16.2. The number of rotatable bonds is 6. The van der Waals surface area contributed by atoms with Crippen molar-refractivity contribution in [3.63, 3.8) is 0 Å². The molecule has 7 nitrogen and oxygen atoms in total. The van der Waals surface area contributed by atoms with E-state index < -0.39 is 5.54 Å². The van der Waals surface area contributed by atoms with Crippen LogP contribution >= 0.6 is 0 Å². The number of nitrogens with zero attached hydrogens (tertiary/aromatic N) is 2. The van der Waals surface area contributed by atoms with E-state index in [-0.39, 0.29) is 24.0 Å². The zero-order chi connectivity index (χ0) is 19.4. The van der Waals surface area contributed by atoms with Crippen LogP contribution in [0.3, 0.4) is 0 Å². The molecule has 0 radical (unpaired) electrons. The molecule has 1 aliphatic heterocycles. The Morgan fingerprint density at radius 1 is 1.26 bits per heavy atom. The zero-order valence-corrected chi connectivity index (χ0v) is 16.0. The van der Waals surface area contributed by atoms with Crippen molar-refractivity contribution in [2.45, 2.75) is 50.6 Å². The minimum Gasteiger partial charge on any atom is -0.338 e. The van der Waals surface area contributed by atoms with Crippen LogP contribution in [0.1, 0.15) is 50.6 Å². The van der Waals surface area contributed by atoms with Gasteiger partial charge in [0.25, 0.3) is 5.91 Å². The summed E-state index contributed by atoms with van der Waals surface area (Å²) in [5.74, 6) is -0.105. The van der Waals surface area contributed by atoms with Crippen molar-refractivity contribution in [1.29, 1.82) is 0 Å². The summed E-state index contributed by atoms with van der Waals surface area (Å²) in [5.41, 5.74) is 0.405. The first kappa shape index (κ1) is 19.2. The van der Waals surface area contributed by atoms with E-state index in [1.165, 1.54) is 4.90 Å². The Morgan fingerprint density at radius 2 is 1.93 bits per heavy atom. The third kappa shape index (κ3) is 3.91. The molecular weight excluding hydrogens is 344 g/mol. The lowest BCUT2D eigenvalue weighted by atomic mass is 9.98. The summed E-state index contributed by atoms with van der Waals surface area (Å²) in [6, 6.07) is 9.32. The first-order valence-electron chi connectivity index (χ1n) is 9.64. The minimum atomic E-state index is -0.661. The van der Waals surface area contributed by atoms with Crippen molar-refractivity contribution in [3.05, 3.63) is 35.9 Å². The fourth-order valence-electron chi connectivity index (χ4n) is 3.88. The van der Waals surface area contributed by atoms with Crippen molar-refractivity contribution in [2.75, 3.05) is 20.1 Å². The molecule has 2 fully saturated rings. The third-order valence-electron chi connectivity index (χ3n) is 5.72. The van der Waals surface area contributed by atoms with Gasteiger partial charge in [-0.1, -0.05) is 43.2 Å². The SMILES string of the molecule is C[C@@H](c1ccccc1)N(C)C(=O)NCCCN1C(=O)NC2(CCCC2)C1=O. The Hall–Kier alpha value is -2.57. The quantitative estimate of drug-likeness (QED) is 0.595. The molecule has 2 N–H and O–H groups in total. The van der Waals surface area contributed by atoms with Crippen LogP contribution in [0.15, 0.2) is 30.3 Å². The van der Waals surface area contributed by atoms with Crippen molar-refractivity contribution >= 4 is 18.0 Å². The highest BCUT2D eigenvalue weighted by molar-refractivity contribution is 6.07.